The minimum Gasteiger partial charge on any atom is -0.435 e. The van der Waals surface area contributed by atoms with Crippen LogP contribution in [0.2, 0.25) is 0 Å². The van der Waals surface area contributed by atoms with Crippen LogP contribution in [0.5, 0.6) is 0 Å². The maximum atomic E-state index is 10.5. The van der Waals surface area contributed by atoms with Crippen LogP contribution in [0, 0.1) is 5.41 Å². The van der Waals surface area contributed by atoms with Crippen molar-refractivity contribution in [1.29, 1.82) is 0 Å². The van der Waals surface area contributed by atoms with E-state index in [1.807, 2.05) is 19.1 Å². The predicted octanol–water partition coefficient (Wildman–Crippen LogP) is 3.45. The van der Waals surface area contributed by atoms with Gasteiger partial charge in [-0.2, -0.15) is 0 Å². The number of carbonyl (C=O) groups excluding carboxylic acids is 1. The highest BCUT2D eigenvalue weighted by molar-refractivity contribution is 5.66. The molecule has 0 aliphatic rings. The molecule has 0 rings (SSSR count). The molecule has 0 spiro atoms. The summed E-state index contributed by atoms with van der Waals surface area (Å²) in [6.07, 6.45) is 9.70. The smallest absolute Gasteiger partial charge is 0.307 e. The summed E-state index contributed by atoms with van der Waals surface area (Å²) in [4.78, 5) is 10.5. The fraction of sp³-hybridized carbons (Fsp3) is 0.583. The van der Waals surface area contributed by atoms with Gasteiger partial charge in [0.2, 0.25) is 0 Å². The highest BCUT2D eigenvalue weighted by Crippen LogP contribution is 2.24. The summed E-state index contributed by atoms with van der Waals surface area (Å²) in [5, 5.41) is 0. The third kappa shape index (κ3) is 7.59. The van der Waals surface area contributed by atoms with Crippen molar-refractivity contribution < 1.29 is 9.53 Å². The summed E-state index contributed by atoms with van der Waals surface area (Å²) < 4.78 is 4.75. The van der Waals surface area contributed by atoms with Gasteiger partial charge in [0.15, 0.2) is 0 Å². The molecular formula is C12H20O2. The van der Waals surface area contributed by atoms with Crippen LogP contribution in [0.1, 0.15) is 40.5 Å². The standard InChI is InChI=1S/C12H20O2/c1-5-6-7-8-12(3,4)9-10-14-11(2)13/h5-6,9-10H,7-8H2,1-4H3/b6-5+,10-9+. The Kier molecular flexibility index (Phi) is 5.93. The summed E-state index contributed by atoms with van der Waals surface area (Å²) in [6.45, 7) is 7.66. The molecule has 0 aromatic rings. The van der Waals surface area contributed by atoms with E-state index >= 15 is 0 Å². The normalized spacial score (nSPS) is 12.6. The maximum absolute atomic E-state index is 10.5. The molecule has 80 valence electrons. The molecule has 0 saturated carbocycles. The zero-order valence-corrected chi connectivity index (χ0v) is 9.54. The maximum Gasteiger partial charge on any atom is 0.307 e. The molecule has 0 aromatic carbocycles. The monoisotopic (exact) mass is 196 g/mol. The van der Waals surface area contributed by atoms with E-state index < -0.39 is 0 Å². The van der Waals surface area contributed by atoms with Gasteiger partial charge in [-0.1, -0.05) is 26.0 Å². The molecule has 0 N–H and O–H groups in total. The van der Waals surface area contributed by atoms with Crippen molar-refractivity contribution in [2.75, 3.05) is 0 Å². The molecule has 0 heterocycles. The second kappa shape index (κ2) is 6.41. The van der Waals surface area contributed by atoms with Crippen molar-refractivity contribution in [3.63, 3.8) is 0 Å². The lowest BCUT2D eigenvalue weighted by Crippen LogP contribution is -2.07. The van der Waals surface area contributed by atoms with Gasteiger partial charge in [-0.05, 0) is 31.3 Å². The lowest BCUT2D eigenvalue weighted by atomic mass is 9.88. The Morgan fingerprint density at radius 2 is 2.07 bits per heavy atom. The van der Waals surface area contributed by atoms with E-state index in [2.05, 4.69) is 19.9 Å². The largest absolute Gasteiger partial charge is 0.435 e. The molecule has 2 heteroatoms. The Morgan fingerprint density at radius 1 is 1.43 bits per heavy atom. The van der Waals surface area contributed by atoms with Crippen molar-refractivity contribution >= 4 is 5.97 Å². The average molecular weight is 196 g/mol. The van der Waals surface area contributed by atoms with E-state index in [0.717, 1.165) is 12.8 Å². The van der Waals surface area contributed by atoms with Gasteiger partial charge < -0.3 is 4.74 Å². The number of rotatable bonds is 5. The van der Waals surface area contributed by atoms with Crippen LogP contribution in [0.25, 0.3) is 0 Å². The van der Waals surface area contributed by atoms with Gasteiger partial charge in [0.05, 0.1) is 6.26 Å². The minimum atomic E-state index is -0.273. The van der Waals surface area contributed by atoms with Crippen LogP contribution in [0.3, 0.4) is 0 Å². The molecule has 0 aliphatic carbocycles. The molecule has 0 amide bonds. The Hall–Kier alpha value is -1.05. The van der Waals surface area contributed by atoms with E-state index in [0.29, 0.717) is 0 Å². The Balaban J connectivity index is 3.92. The topological polar surface area (TPSA) is 26.3 Å². The number of carbonyl (C=O) groups is 1. The van der Waals surface area contributed by atoms with Gasteiger partial charge in [0, 0.05) is 6.92 Å². The number of allylic oxidation sites excluding steroid dienone is 3. The highest BCUT2D eigenvalue weighted by atomic mass is 16.5. The van der Waals surface area contributed by atoms with E-state index in [1.54, 1.807) is 0 Å². The molecule has 0 bridgehead atoms. The number of hydrogen-bond acceptors (Lipinski definition) is 2. The van der Waals surface area contributed by atoms with Gasteiger partial charge in [0.25, 0.3) is 0 Å². The molecular weight excluding hydrogens is 176 g/mol. The van der Waals surface area contributed by atoms with Crippen LogP contribution in [0.15, 0.2) is 24.5 Å². The molecule has 0 aliphatic heterocycles. The highest BCUT2D eigenvalue weighted by Gasteiger charge is 2.12. The van der Waals surface area contributed by atoms with E-state index in [1.165, 1.54) is 13.2 Å². The summed E-state index contributed by atoms with van der Waals surface area (Å²) in [6, 6.07) is 0. The van der Waals surface area contributed by atoms with Gasteiger partial charge in [-0.25, -0.2) is 0 Å². The molecule has 0 aromatic heterocycles. The van der Waals surface area contributed by atoms with Crippen LogP contribution in [0.4, 0.5) is 0 Å². The van der Waals surface area contributed by atoms with Crippen molar-refractivity contribution in [2.24, 2.45) is 5.41 Å². The molecule has 0 saturated heterocycles. The molecule has 0 radical (unpaired) electrons. The quantitative estimate of drug-likeness (QED) is 0.382. The van der Waals surface area contributed by atoms with Crippen molar-refractivity contribution in [3.05, 3.63) is 24.5 Å². The third-order valence-electron chi connectivity index (χ3n) is 1.94. The SMILES string of the molecule is C/C=C/CCC(C)(C)/C=C/OC(C)=O. The van der Waals surface area contributed by atoms with E-state index in [9.17, 15) is 4.79 Å². The summed E-state index contributed by atoms with van der Waals surface area (Å²) in [7, 11) is 0. The fourth-order valence-electron chi connectivity index (χ4n) is 1.02. The first-order valence-corrected chi connectivity index (χ1v) is 4.94. The number of hydrogen-bond donors (Lipinski definition) is 0. The zero-order chi connectivity index (χ0) is 11.0. The first kappa shape index (κ1) is 12.9. The van der Waals surface area contributed by atoms with Crippen molar-refractivity contribution in [3.8, 4) is 0 Å². The van der Waals surface area contributed by atoms with Gasteiger partial charge >= 0.3 is 5.97 Å². The Labute approximate surface area is 86.6 Å². The lowest BCUT2D eigenvalue weighted by molar-refractivity contribution is -0.135. The van der Waals surface area contributed by atoms with Crippen molar-refractivity contribution in [2.45, 2.75) is 40.5 Å². The van der Waals surface area contributed by atoms with Gasteiger partial charge in [-0.15, -0.1) is 0 Å². The molecule has 0 atom stereocenters. The van der Waals surface area contributed by atoms with Crippen molar-refractivity contribution in [1.82, 2.24) is 0 Å². The predicted molar refractivity (Wildman–Crippen MR) is 58.7 cm³/mol. The third-order valence-corrected chi connectivity index (χ3v) is 1.94. The van der Waals surface area contributed by atoms with Crippen LogP contribution >= 0.6 is 0 Å². The minimum absolute atomic E-state index is 0.0783. The fourth-order valence-corrected chi connectivity index (χ4v) is 1.02. The van der Waals surface area contributed by atoms with Gasteiger partial charge in [-0.3, -0.25) is 4.79 Å². The second-order valence-electron chi connectivity index (χ2n) is 4.01. The van der Waals surface area contributed by atoms with E-state index in [-0.39, 0.29) is 11.4 Å². The molecule has 0 fully saturated rings. The van der Waals surface area contributed by atoms with Crippen LogP contribution in [-0.4, -0.2) is 5.97 Å². The summed E-state index contributed by atoms with van der Waals surface area (Å²) >= 11 is 0. The average Bonchev–Trinajstić information content (AvgIpc) is 2.03. The first-order chi connectivity index (χ1) is 6.48. The number of ether oxygens (including phenoxy) is 1. The van der Waals surface area contributed by atoms with Crippen LogP contribution < -0.4 is 0 Å². The molecule has 0 unspecified atom stereocenters. The number of esters is 1. The van der Waals surface area contributed by atoms with Crippen LogP contribution in [-0.2, 0) is 9.53 Å². The first-order valence-electron chi connectivity index (χ1n) is 4.94. The molecule has 2 nitrogen and oxygen atoms in total. The lowest BCUT2D eigenvalue weighted by Gasteiger charge is -2.18. The zero-order valence-electron chi connectivity index (χ0n) is 9.54. The Morgan fingerprint density at radius 3 is 2.57 bits per heavy atom. The summed E-state index contributed by atoms with van der Waals surface area (Å²) in [5.74, 6) is -0.273. The van der Waals surface area contributed by atoms with E-state index in [4.69, 9.17) is 4.74 Å². The Bertz CT molecular complexity index is 224. The van der Waals surface area contributed by atoms with Gasteiger partial charge in [0.1, 0.15) is 0 Å². The molecule has 14 heavy (non-hydrogen) atoms. The second-order valence-corrected chi connectivity index (χ2v) is 4.01. The summed E-state index contributed by atoms with van der Waals surface area (Å²) in [5.41, 5.74) is 0.0783.